The smallest absolute Gasteiger partial charge is 0.175 e. The van der Waals surface area contributed by atoms with E-state index in [9.17, 15) is 17.8 Å². The van der Waals surface area contributed by atoms with Gasteiger partial charge in [0.05, 0.1) is 5.75 Å². The maximum atomic E-state index is 12.9. The van der Waals surface area contributed by atoms with Crippen molar-refractivity contribution in [2.24, 2.45) is 0 Å². The molecule has 6 heteroatoms. The highest BCUT2D eigenvalue weighted by molar-refractivity contribution is 7.85. The Morgan fingerprint density at radius 3 is 2.67 bits per heavy atom. The minimum atomic E-state index is -1.31. The summed E-state index contributed by atoms with van der Waals surface area (Å²) >= 11 is 0. The van der Waals surface area contributed by atoms with E-state index >= 15 is 0 Å². The molecule has 0 bridgehead atoms. The number of rotatable bonds is 7. The van der Waals surface area contributed by atoms with Gasteiger partial charge >= 0.3 is 0 Å². The Kier molecular flexibility index (Phi) is 6.07. The molecule has 18 heavy (non-hydrogen) atoms. The summed E-state index contributed by atoms with van der Waals surface area (Å²) in [5, 5.41) is 0. The molecule has 0 N–H and O–H groups in total. The van der Waals surface area contributed by atoms with E-state index in [1.165, 1.54) is 13.2 Å². The van der Waals surface area contributed by atoms with Crippen LogP contribution in [0.2, 0.25) is 0 Å². The third kappa shape index (κ3) is 4.62. The molecule has 1 unspecified atom stereocenters. The minimum absolute atomic E-state index is 0.0361. The fraction of sp³-hybridized carbons (Fsp3) is 0.417. The van der Waals surface area contributed by atoms with Crippen molar-refractivity contribution in [1.82, 2.24) is 0 Å². The highest BCUT2D eigenvalue weighted by Crippen LogP contribution is 2.10. The van der Waals surface area contributed by atoms with Crippen LogP contribution in [0.1, 0.15) is 16.8 Å². The van der Waals surface area contributed by atoms with Crippen molar-refractivity contribution in [3.63, 3.8) is 0 Å². The van der Waals surface area contributed by atoms with E-state index in [0.29, 0.717) is 18.8 Å². The van der Waals surface area contributed by atoms with Crippen LogP contribution in [0.3, 0.4) is 0 Å². The standard InChI is InChI=1S/C12H14F2O3S/c1-17-5-2-6-18(16)8-12(15)9-3-4-10(13)11(14)7-9/h3-4,7H,2,5-6,8H2,1H3. The first kappa shape index (κ1) is 14.9. The molecule has 1 aromatic rings. The summed E-state index contributed by atoms with van der Waals surface area (Å²) in [7, 11) is 0.227. The van der Waals surface area contributed by atoms with Crippen LogP contribution in [0.5, 0.6) is 0 Å². The van der Waals surface area contributed by atoms with Crippen LogP contribution in [0.4, 0.5) is 8.78 Å². The molecular weight excluding hydrogens is 262 g/mol. The molecule has 0 heterocycles. The number of methoxy groups -OCH3 is 1. The highest BCUT2D eigenvalue weighted by atomic mass is 32.2. The van der Waals surface area contributed by atoms with Crippen LogP contribution < -0.4 is 0 Å². The summed E-state index contributed by atoms with van der Waals surface area (Å²) in [5.41, 5.74) is 0.0361. The molecule has 3 nitrogen and oxygen atoms in total. The molecule has 0 saturated heterocycles. The molecule has 0 fully saturated rings. The third-order valence-electron chi connectivity index (χ3n) is 2.25. The average molecular weight is 276 g/mol. The van der Waals surface area contributed by atoms with Gasteiger partial charge in [0, 0.05) is 35.8 Å². The molecule has 0 spiro atoms. The van der Waals surface area contributed by atoms with Gasteiger partial charge in [-0.1, -0.05) is 0 Å². The van der Waals surface area contributed by atoms with Gasteiger partial charge in [-0.2, -0.15) is 0 Å². The van der Waals surface area contributed by atoms with Crippen LogP contribution in [0, 0.1) is 11.6 Å². The second-order valence-electron chi connectivity index (χ2n) is 3.69. The number of hydrogen-bond acceptors (Lipinski definition) is 3. The van der Waals surface area contributed by atoms with Crippen molar-refractivity contribution in [1.29, 1.82) is 0 Å². The van der Waals surface area contributed by atoms with E-state index in [1.54, 1.807) is 0 Å². The second-order valence-corrected chi connectivity index (χ2v) is 5.26. The van der Waals surface area contributed by atoms with Crippen molar-refractivity contribution in [2.75, 3.05) is 25.2 Å². The van der Waals surface area contributed by atoms with Crippen molar-refractivity contribution in [3.05, 3.63) is 35.4 Å². The van der Waals surface area contributed by atoms with Crippen molar-refractivity contribution < 1.29 is 22.5 Å². The Labute approximate surface area is 107 Å². The summed E-state index contributed by atoms with van der Waals surface area (Å²) in [6, 6.07) is 2.90. The molecule has 1 aromatic carbocycles. The zero-order chi connectivity index (χ0) is 13.5. The van der Waals surface area contributed by atoms with Crippen LogP contribution in [0.15, 0.2) is 18.2 Å². The van der Waals surface area contributed by atoms with Gasteiger partial charge in [-0.3, -0.25) is 9.00 Å². The molecule has 0 aliphatic heterocycles. The number of Topliss-reactive ketones (excluding diaryl/α,β-unsaturated/α-hetero) is 1. The largest absolute Gasteiger partial charge is 0.385 e. The number of benzene rings is 1. The van der Waals surface area contributed by atoms with Gasteiger partial charge in [-0.05, 0) is 24.6 Å². The van der Waals surface area contributed by atoms with Crippen molar-refractivity contribution >= 4 is 16.6 Å². The third-order valence-corrected chi connectivity index (χ3v) is 3.58. The maximum Gasteiger partial charge on any atom is 0.175 e. The highest BCUT2D eigenvalue weighted by Gasteiger charge is 2.12. The monoisotopic (exact) mass is 276 g/mol. The normalized spacial score (nSPS) is 12.4. The molecule has 1 atom stereocenters. The zero-order valence-electron chi connectivity index (χ0n) is 9.95. The Bertz CT molecular complexity index is 449. The van der Waals surface area contributed by atoms with Gasteiger partial charge in [0.1, 0.15) is 0 Å². The summed E-state index contributed by atoms with van der Waals surface area (Å²) < 4.78 is 41.9. The lowest BCUT2D eigenvalue weighted by Crippen LogP contribution is -2.14. The fourth-order valence-corrected chi connectivity index (χ4v) is 2.38. The van der Waals surface area contributed by atoms with Gasteiger partial charge in [-0.15, -0.1) is 0 Å². The van der Waals surface area contributed by atoms with E-state index in [2.05, 4.69) is 0 Å². The summed E-state index contributed by atoms with van der Waals surface area (Å²) in [5.74, 6) is -2.37. The van der Waals surface area contributed by atoms with Gasteiger partial charge in [0.15, 0.2) is 17.4 Å². The number of halogens is 2. The summed E-state index contributed by atoms with van der Waals surface area (Å²) in [6.45, 7) is 0.477. The molecular formula is C12H14F2O3S. The molecule has 1 rings (SSSR count). The number of carbonyl (C=O) groups excluding carboxylic acids is 1. The van der Waals surface area contributed by atoms with Crippen LogP contribution in [-0.2, 0) is 15.5 Å². The number of ketones is 1. The average Bonchev–Trinajstić information content (AvgIpc) is 2.33. The van der Waals surface area contributed by atoms with Crippen LogP contribution in [0.25, 0.3) is 0 Å². The SMILES string of the molecule is COCCCS(=O)CC(=O)c1ccc(F)c(F)c1. The van der Waals surface area contributed by atoms with Gasteiger partial charge in [0.2, 0.25) is 0 Å². The first-order chi connectivity index (χ1) is 8.54. The Hall–Kier alpha value is -1.14. The topological polar surface area (TPSA) is 43.4 Å². The summed E-state index contributed by atoms with van der Waals surface area (Å²) in [6.07, 6.45) is 0.591. The Morgan fingerprint density at radius 1 is 1.33 bits per heavy atom. The number of ether oxygens (including phenoxy) is 1. The lowest BCUT2D eigenvalue weighted by molar-refractivity contribution is 0.102. The minimum Gasteiger partial charge on any atom is -0.385 e. The van der Waals surface area contributed by atoms with Gasteiger partial charge in [0.25, 0.3) is 0 Å². The predicted octanol–water partition coefficient (Wildman–Crippen LogP) is 1.93. The van der Waals surface area contributed by atoms with Crippen molar-refractivity contribution in [2.45, 2.75) is 6.42 Å². The molecule has 0 aromatic heterocycles. The van der Waals surface area contributed by atoms with Crippen LogP contribution >= 0.6 is 0 Å². The molecule has 0 aliphatic rings. The lowest BCUT2D eigenvalue weighted by Gasteiger charge is -2.03. The van der Waals surface area contributed by atoms with Gasteiger partial charge in [-0.25, -0.2) is 8.78 Å². The first-order valence-corrected chi connectivity index (χ1v) is 6.85. The molecule has 0 radical (unpaired) electrons. The zero-order valence-corrected chi connectivity index (χ0v) is 10.8. The van der Waals surface area contributed by atoms with Gasteiger partial charge < -0.3 is 4.74 Å². The summed E-state index contributed by atoms with van der Waals surface area (Å²) in [4.78, 5) is 11.6. The molecule has 0 aliphatic carbocycles. The van der Waals surface area contributed by atoms with E-state index in [-0.39, 0.29) is 11.3 Å². The number of carbonyl (C=O) groups is 1. The Morgan fingerprint density at radius 2 is 2.06 bits per heavy atom. The van der Waals surface area contributed by atoms with Crippen molar-refractivity contribution in [3.8, 4) is 0 Å². The molecule has 0 saturated carbocycles. The molecule has 0 amide bonds. The van der Waals surface area contributed by atoms with E-state index in [4.69, 9.17) is 4.74 Å². The molecule has 100 valence electrons. The fourth-order valence-electron chi connectivity index (χ4n) is 1.34. The first-order valence-electron chi connectivity index (χ1n) is 5.36. The Balaban J connectivity index is 2.54. The quantitative estimate of drug-likeness (QED) is 0.564. The van der Waals surface area contributed by atoms with E-state index < -0.39 is 28.2 Å². The number of hydrogen-bond donors (Lipinski definition) is 0. The van der Waals surface area contributed by atoms with E-state index in [0.717, 1.165) is 12.1 Å². The van der Waals surface area contributed by atoms with E-state index in [1.807, 2.05) is 0 Å². The lowest BCUT2D eigenvalue weighted by atomic mass is 10.1. The van der Waals surface area contributed by atoms with Crippen LogP contribution in [-0.4, -0.2) is 35.2 Å². The second kappa shape index (κ2) is 7.33. The maximum absolute atomic E-state index is 12.9. The predicted molar refractivity (Wildman–Crippen MR) is 65.1 cm³/mol.